The molecular weight excluding hydrogens is 408 g/mol. The number of methoxy groups -OCH3 is 1. The van der Waals surface area contributed by atoms with Gasteiger partial charge < -0.3 is 14.0 Å². The number of esters is 1. The van der Waals surface area contributed by atoms with Crippen LogP contribution in [0.3, 0.4) is 0 Å². The molecule has 0 unspecified atom stereocenters. The van der Waals surface area contributed by atoms with Gasteiger partial charge in [-0.1, -0.05) is 0 Å². The Bertz CT molecular complexity index is 1070. The topological polar surface area (TPSA) is 94.9 Å². The van der Waals surface area contributed by atoms with Crippen molar-refractivity contribution in [3.8, 4) is 5.75 Å². The summed E-state index contributed by atoms with van der Waals surface area (Å²) in [4.78, 5) is 24.9. The molecule has 1 heterocycles. The third kappa shape index (κ3) is 4.57. The van der Waals surface area contributed by atoms with Crippen molar-refractivity contribution in [3.63, 3.8) is 0 Å². The van der Waals surface area contributed by atoms with Gasteiger partial charge >= 0.3 is 5.97 Å². The van der Waals surface area contributed by atoms with Crippen molar-refractivity contribution in [2.75, 3.05) is 27.8 Å². The van der Waals surface area contributed by atoms with Gasteiger partial charge in [-0.05, 0) is 52.0 Å². The first-order chi connectivity index (χ1) is 13.9. The first-order valence-corrected chi connectivity index (χ1v) is 10.8. The van der Waals surface area contributed by atoms with Crippen molar-refractivity contribution in [2.24, 2.45) is 0 Å². The molecule has 9 heteroatoms. The molecule has 0 aliphatic carbocycles. The maximum Gasteiger partial charge on any atom is 0.338 e. The Balaban J connectivity index is 2.23. The maximum atomic E-state index is 12.6. The highest BCUT2D eigenvalue weighted by Gasteiger charge is 2.25. The fourth-order valence-corrected chi connectivity index (χ4v) is 4.42. The van der Waals surface area contributed by atoms with Gasteiger partial charge in [0.15, 0.2) is 6.61 Å². The van der Waals surface area contributed by atoms with Gasteiger partial charge in [-0.25, -0.2) is 17.5 Å². The monoisotopic (exact) mass is 436 g/mol. The number of ketones is 1. The zero-order valence-electron chi connectivity index (χ0n) is 18.3. The minimum Gasteiger partial charge on any atom is -0.495 e. The molecule has 0 bridgehead atoms. The molecule has 1 aromatic heterocycles. The Hall–Kier alpha value is -2.65. The van der Waals surface area contributed by atoms with Gasteiger partial charge in [0.1, 0.15) is 10.6 Å². The first-order valence-electron chi connectivity index (χ1n) is 9.41. The molecule has 0 saturated carbocycles. The minimum atomic E-state index is -3.83. The molecule has 2 rings (SSSR count). The predicted molar refractivity (Wildman–Crippen MR) is 113 cm³/mol. The van der Waals surface area contributed by atoms with Crippen LogP contribution in [0.1, 0.15) is 52.0 Å². The summed E-state index contributed by atoms with van der Waals surface area (Å²) < 4.78 is 38.3. The van der Waals surface area contributed by atoms with Crippen molar-refractivity contribution in [1.29, 1.82) is 0 Å². The van der Waals surface area contributed by atoms with E-state index >= 15 is 0 Å². The highest BCUT2D eigenvalue weighted by molar-refractivity contribution is 7.89. The van der Waals surface area contributed by atoms with Gasteiger partial charge in [0.25, 0.3) is 0 Å². The van der Waals surface area contributed by atoms with Gasteiger partial charge in [-0.15, -0.1) is 0 Å². The summed E-state index contributed by atoms with van der Waals surface area (Å²) in [6, 6.07) is 5.94. The molecule has 0 N–H and O–H groups in total. The number of benzene rings is 1. The van der Waals surface area contributed by atoms with Crippen molar-refractivity contribution in [2.45, 2.75) is 38.6 Å². The molecule has 8 nitrogen and oxygen atoms in total. The number of carbonyl (C=O) groups excluding carboxylic acids is 2. The van der Waals surface area contributed by atoms with E-state index in [2.05, 4.69) is 0 Å². The number of Topliss-reactive ketones (excluding diaryl/α,β-unsaturated/α-hetero) is 1. The molecule has 0 atom stereocenters. The lowest BCUT2D eigenvalue weighted by Gasteiger charge is -2.15. The molecule has 2 aromatic rings. The van der Waals surface area contributed by atoms with Crippen LogP contribution in [0.2, 0.25) is 0 Å². The highest BCUT2D eigenvalue weighted by Crippen LogP contribution is 2.27. The number of aromatic nitrogens is 1. The second kappa shape index (κ2) is 9.01. The number of hydrogen-bond acceptors (Lipinski definition) is 6. The molecule has 0 amide bonds. The average Bonchev–Trinajstić information content (AvgIpc) is 2.99. The Morgan fingerprint density at radius 2 is 1.77 bits per heavy atom. The lowest BCUT2D eigenvalue weighted by atomic mass is 10.1. The van der Waals surface area contributed by atoms with E-state index in [4.69, 9.17) is 9.47 Å². The summed E-state index contributed by atoms with van der Waals surface area (Å²) in [5.74, 6) is -1.01. The van der Waals surface area contributed by atoms with Crippen LogP contribution < -0.4 is 4.74 Å². The predicted octanol–water partition coefficient (Wildman–Crippen LogP) is 2.98. The molecule has 0 aliphatic rings. The summed E-state index contributed by atoms with van der Waals surface area (Å²) in [6.07, 6.45) is 0. The van der Waals surface area contributed by atoms with Crippen molar-refractivity contribution < 1.29 is 27.5 Å². The molecule has 30 heavy (non-hydrogen) atoms. The lowest BCUT2D eigenvalue weighted by molar-refractivity contribution is 0.0474. The summed E-state index contributed by atoms with van der Waals surface area (Å²) in [5, 5.41) is 0. The molecule has 164 valence electrons. The van der Waals surface area contributed by atoms with Crippen molar-refractivity contribution >= 4 is 21.8 Å². The smallest absolute Gasteiger partial charge is 0.338 e. The van der Waals surface area contributed by atoms with Crippen LogP contribution in [0, 0.1) is 13.8 Å². The Morgan fingerprint density at radius 3 is 2.27 bits per heavy atom. The van der Waals surface area contributed by atoms with E-state index in [0.717, 1.165) is 15.7 Å². The standard InChI is InChI=1S/C21H28N2O6S/c1-13(2)23-14(3)10-17(15(23)4)18(24)12-29-21(25)16-8-9-19(28-7)20(11-16)30(26,27)22(5)6/h8-11,13H,12H2,1-7H3. The molecule has 0 radical (unpaired) electrons. The normalized spacial score (nSPS) is 11.8. The molecule has 0 fully saturated rings. The number of ether oxygens (including phenoxy) is 2. The molecule has 0 saturated heterocycles. The molecule has 0 spiro atoms. The van der Waals surface area contributed by atoms with E-state index in [9.17, 15) is 18.0 Å². The summed E-state index contributed by atoms with van der Waals surface area (Å²) in [7, 11) is 0.269. The summed E-state index contributed by atoms with van der Waals surface area (Å²) in [6.45, 7) is 7.38. The molecule has 1 aromatic carbocycles. The zero-order chi connectivity index (χ0) is 22.8. The largest absolute Gasteiger partial charge is 0.495 e. The van der Waals surface area contributed by atoms with Crippen molar-refractivity contribution in [3.05, 3.63) is 46.8 Å². The molecular formula is C21H28N2O6S. The van der Waals surface area contributed by atoms with Crippen molar-refractivity contribution in [1.82, 2.24) is 8.87 Å². The Morgan fingerprint density at radius 1 is 1.13 bits per heavy atom. The first kappa shape index (κ1) is 23.6. The molecule has 0 aliphatic heterocycles. The van der Waals surface area contributed by atoms with Crippen LogP contribution in [0.5, 0.6) is 5.75 Å². The van der Waals surface area contributed by atoms with E-state index in [1.807, 2.05) is 32.3 Å². The van der Waals surface area contributed by atoms with Gasteiger partial charge in [-0.3, -0.25) is 4.79 Å². The van der Waals surface area contributed by atoms with Crippen LogP contribution in [0.15, 0.2) is 29.2 Å². The van der Waals surface area contributed by atoms with E-state index in [1.54, 1.807) is 6.07 Å². The fourth-order valence-electron chi connectivity index (χ4n) is 3.35. The zero-order valence-corrected chi connectivity index (χ0v) is 19.2. The summed E-state index contributed by atoms with van der Waals surface area (Å²) in [5.41, 5.74) is 2.27. The van der Waals surface area contributed by atoms with Gasteiger partial charge in [0.2, 0.25) is 15.8 Å². The number of nitrogens with zero attached hydrogens (tertiary/aromatic N) is 2. The second-order valence-corrected chi connectivity index (χ2v) is 9.52. The maximum absolute atomic E-state index is 12.6. The number of aryl methyl sites for hydroxylation is 1. The minimum absolute atomic E-state index is 0.0108. The second-order valence-electron chi connectivity index (χ2n) is 7.40. The van der Waals surface area contributed by atoms with E-state index < -0.39 is 22.6 Å². The van der Waals surface area contributed by atoms with Gasteiger partial charge in [0, 0.05) is 37.1 Å². The third-order valence-electron chi connectivity index (χ3n) is 4.79. The quantitative estimate of drug-likeness (QED) is 0.466. The number of sulfonamides is 1. The SMILES string of the molecule is COc1ccc(C(=O)OCC(=O)c2cc(C)n(C(C)C)c2C)cc1S(=O)(=O)N(C)C. The van der Waals surface area contributed by atoms with E-state index in [0.29, 0.717) is 5.56 Å². The number of hydrogen-bond donors (Lipinski definition) is 0. The van der Waals surface area contributed by atoms with Crippen LogP contribution >= 0.6 is 0 Å². The lowest BCUT2D eigenvalue weighted by Crippen LogP contribution is -2.23. The number of rotatable bonds is 8. The fraction of sp³-hybridized carbons (Fsp3) is 0.429. The Labute approximate surface area is 177 Å². The number of carbonyl (C=O) groups is 2. The van der Waals surface area contributed by atoms with Crippen LogP contribution in [0.4, 0.5) is 0 Å². The Kier molecular flexibility index (Phi) is 7.10. The van der Waals surface area contributed by atoms with Crippen LogP contribution in [-0.4, -0.2) is 56.9 Å². The van der Waals surface area contributed by atoms with E-state index in [1.165, 1.54) is 39.4 Å². The van der Waals surface area contributed by atoms with Gasteiger partial charge in [-0.2, -0.15) is 0 Å². The van der Waals surface area contributed by atoms with Crippen LogP contribution in [0.25, 0.3) is 0 Å². The van der Waals surface area contributed by atoms with Gasteiger partial charge in [0.05, 0.1) is 12.7 Å². The summed E-state index contributed by atoms with van der Waals surface area (Å²) >= 11 is 0. The third-order valence-corrected chi connectivity index (χ3v) is 6.63. The van der Waals surface area contributed by atoms with E-state index in [-0.39, 0.29) is 28.0 Å². The average molecular weight is 437 g/mol. The van der Waals surface area contributed by atoms with Crippen LogP contribution in [-0.2, 0) is 14.8 Å². The highest BCUT2D eigenvalue weighted by atomic mass is 32.2.